The van der Waals surface area contributed by atoms with Crippen LogP contribution >= 0.6 is 11.3 Å². The van der Waals surface area contributed by atoms with E-state index in [1.165, 1.54) is 41.7 Å². The van der Waals surface area contributed by atoms with Crippen molar-refractivity contribution in [1.29, 1.82) is 0 Å². The van der Waals surface area contributed by atoms with Crippen molar-refractivity contribution in [3.8, 4) is 11.3 Å². The Balaban J connectivity index is 1.51. The summed E-state index contributed by atoms with van der Waals surface area (Å²) in [5.74, 6) is -0.134. The van der Waals surface area contributed by atoms with Crippen LogP contribution in [0.15, 0.2) is 47.8 Å². The third-order valence-electron chi connectivity index (χ3n) is 4.99. The van der Waals surface area contributed by atoms with Gasteiger partial charge in [-0.2, -0.15) is 0 Å². The highest BCUT2D eigenvalue weighted by Crippen LogP contribution is 2.30. The first-order chi connectivity index (χ1) is 13.1. The van der Waals surface area contributed by atoms with Crippen LogP contribution in [0.3, 0.4) is 0 Å². The third kappa shape index (κ3) is 3.88. The van der Waals surface area contributed by atoms with Crippen LogP contribution in [-0.4, -0.2) is 25.0 Å². The van der Waals surface area contributed by atoms with Crippen LogP contribution in [0, 0.1) is 0 Å². The number of nitrogens with one attached hydrogen (secondary N) is 1. The number of amides is 1. The minimum atomic E-state index is -0.134. The lowest BCUT2D eigenvalue weighted by Gasteiger charge is -2.16. The van der Waals surface area contributed by atoms with Crippen LogP contribution < -0.4 is 10.2 Å². The smallest absolute Gasteiger partial charge is 0.257 e. The molecule has 4 rings (SSSR count). The number of aryl methyl sites for hydroxylation is 2. The number of thiazole rings is 1. The Hall–Kier alpha value is -2.66. The maximum absolute atomic E-state index is 12.6. The fourth-order valence-electron chi connectivity index (χ4n) is 3.45. The Labute approximate surface area is 163 Å². The van der Waals surface area contributed by atoms with Gasteiger partial charge in [0.05, 0.1) is 5.69 Å². The minimum Gasteiger partial charge on any atom is -0.378 e. The zero-order valence-corrected chi connectivity index (χ0v) is 16.5. The van der Waals surface area contributed by atoms with Crippen LogP contribution in [0.2, 0.25) is 0 Å². The van der Waals surface area contributed by atoms with Gasteiger partial charge in [0.25, 0.3) is 5.91 Å². The van der Waals surface area contributed by atoms with Crippen LogP contribution in [0.25, 0.3) is 11.3 Å². The quantitative estimate of drug-likeness (QED) is 0.695. The van der Waals surface area contributed by atoms with E-state index in [4.69, 9.17) is 0 Å². The van der Waals surface area contributed by atoms with E-state index >= 15 is 0 Å². The summed E-state index contributed by atoms with van der Waals surface area (Å²) < 4.78 is 0. The summed E-state index contributed by atoms with van der Waals surface area (Å²) >= 11 is 1.46. The monoisotopic (exact) mass is 377 g/mol. The number of carbonyl (C=O) groups is 1. The lowest BCUT2D eigenvalue weighted by atomic mass is 9.90. The van der Waals surface area contributed by atoms with Crippen LogP contribution in [-0.2, 0) is 12.8 Å². The highest BCUT2D eigenvalue weighted by Gasteiger charge is 2.13. The SMILES string of the molecule is CN(C)c1cccc(C(=O)Nc2nc(-c3ccc4c(c3)CCCC4)cs2)c1. The maximum atomic E-state index is 12.6. The highest BCUT2D eigenvalue weighted by atomic mass is 32.1. The zero-order valence-electron chi connectivity index (χ0n) is 15.7. The number of nitrogens with zero attached hydrogens (tertiary/aromatic N) is 2. The van der Waals surface area contributed by atoms with E-state index in [0.717, 1.165) is 23.4 Å². The minimum absolute atomic E-state index is 0.134. The first kappa shape index (κ1) is 17.7. The van der Waals surface area contributed by atoms with Gasteiger partial charge in [0.1, 0.15) is 0 Å². The molecule has 1 aromatic heterocycles. The van der Waals surface area contributed by atoms with Crippen LogP contribution in [0.5, 0.6) is 0 Å². The molecule has 1 aliphatic rings. The predicted octanol–water partition coefficient (Wildman–Crippen LogP) is 5.01. The molecule has 0 aliphatic heterocycles. The summed E-state index contributed by atoms with van der Waals surface area (Å²) in [7, 11) is 3.92. The van der Waals surface area contributed by atoms with Crippen molar-refractivity contribution in [3.63, 3.8) is 0 Å². The van der Waals surface area contributed by atoms with Crippen molar-refractivity contribution in [2.75, 3.05) is 24.3 Å². The fraction of sp³-hybridized carbons (Fsp3) is 0.273. The Morgan fingerprint density at radius 2 is 1.89 bits per heavy atom. The number of rotatable bonds is 4. The Morgan fingerprint density at radius 1 is 1.07 bits per heavy atom. The van der Waals surface area contributed by atoms with Gasteiger partial charge in [-0.1, -0.05) is 18.2 Å². The summed E-state index contributed by atoms with van der Waals surface area (Å²) in [6.07, 6.45) is 4.88. The van der Waals surface area contributed by atoms with Gasteiger partial charge in [-0.05, 0) is 61.1 Å². The van der Waals surface area contributed by atoms with Crippen molar-refractivity contribution in [2.24, 2.45) is 0 Å². The molecule has 1 aliphatic carbocycles. The molecule has 1 heterocycles. The maximum Gasteiger partial charge on any atom is 0.257 e. The molecule has 0 saturated heterocycles. The van der Waals surface area contributed by atoms with E-state index in [2.05, 4.69) is 28.5 Å². The third-order valence-corrected chi connectivity index (χ3v) is 5.75. The Kier molecular flexibility index (Phi) is 4.94. The summed E-state index contributed by atoms with van der Waals surface area (Å²) in [5, 5.41) is 5.56. The highest BCUT2D eigenvalue weighted by molar-refractivity contribution is 7.14. The second-order valence-electron chi connectivity index (χ2n) is 7.13. The summed E-state index contributed by atoms with van der Waals surface area (Å²) in [4.78, 5) is 19.2. The first-order valence-electron chi connectivity index (χ1n) is 9.26. The lowest BCUT2D eigenvalue weighted by molar-refractivity contribution is 0.102. The topological polar surface area (TPSA) is 45.2 Å². The Morgan fingerprint density at radius 3 is 2.70 bits per heavy atom. The molecule has 4 nitrogen and oxygen atoms in total. The average molecular weight is 378 g/mol. The van der Waals surface area contributed by atoms with Gasteiger partial charge in [-0.3, -0.25) is 10.1 Å². The largest absolute Gasteiger partial charge is 0.378 e. The molecule has 5 heteroatoms. The molecule has 1 N–H and O–H groups in total. The molecule has 0 bridgehead atoms. The van der Waals surface area contributed by atoms with Gasteiger partial charge in [0.2, 0.25) is 0 Å². The van der Waals surface area contributed by atoms with Gasteiger partial charge in [0.15, 0.2) is 5.13 Å². The van der Waals surface area contributed by atoms with E-state index < -0.39 is 0 Å². The Bertz CT molecular complexity index is 977. The number of benzene rings is 2. The molecular weight excluding hydrogens is 354 g/mol. The molecule has 138 valence electrons. The number of anilines is 2. The standard InChI is InChI=1S/C22H23N3OS/c1-25(2)19-9-5-8-18(13-19)21(26)24-22-23-20(14-27-22)17-11-10-15-6-3-4-7-16(15)12-17/h5,8-14H,3-4,6-7H2,1-2H3,(H,23,24,26). The van der Waals surface area contributed by atoms with E-state index in [1.807, 2.05) is 48.6 Å². The van der Waals surface area contributed by atoms with Crippen molar-refractivity contribution in [1.82, 2.24) is 4.98 Å². The predicted molar refractivity (Wildman–Crippen MR) is 113 cm³/mol. The van der Waals surface area contributed by atoms with Crippen molar-refractivity contribution < 1.29 is 4.79 Å². The summed E-state index contributed by atoms with van der Waals surface area (Å²) in [5.41, 5.74) is 6.59. The van der Waals surface area contributed by atoms with Gasteiger partial charge >= 0.3 is 0 Å². The zero-order chi connectivity index (χ0) is 18.8. The molecule has 1 amide bonds. The molecule has 0 fully saturated rings. The van der Waals surface area contributed by atoms with Gasteiger partial charge in [0, 0.05) is 36.3 Å². The van der Waals surface area contributed by atoms with Crippen molar-refractivity contribution in [2.45, 2.75) is 25.7 Å². The molecule has 0 saturated carbocycles. The molecular formula is C22H23N3OS. The second kappa shape index (κ2) is 7.53. The summed E-state index contributed by atoms with van der Waals surface area (Å²) in [6.45, 7) is 0. The molecule has 0 spiro atoms. The van der Waals surface area contributed by atoms with Gasteiger partial charge < -0.3 is 4.90 Å². The number of carbonyl (C=O) groups excluding carboxylic acids is 1. The number of fused-ring (bicyclic) bond motifs is 1. The molecule has 27 heavy (non-hydrogen) atoms. The number of hydrogen-bond acceptors (Lipinski definition) is 4. The van der Waals surface area contributed by atoms with E-state index in [1.54, 1.807) is 0 Å². The summed E-state index contributed by atoms with van der Waals surface area (Å²) in [6, 6.07) is 14.2. The normalized spacial score (nSPS) is 13.1. The van der Waals surface area contributed by atoms with Gasteiger partial charge in [-0.15, -0.1) is 11.3 Å². The molecule has 2 aromatic carbocycles. The number of aromatic nitrogens is 1. The van der Waals surface area contributed by atoms with Crippen LogP contribution in [0.1, 0.15) is 34.3 Å². The fourth-order valence-corrected chi connectivity index (χ4v) is 4.17. The molecule has 0 unspecified atom stereocenters. The first-order valence-corrected chi connectivity index (χ1v) is 10.1. The molecule has 3 aromatic rings. The van der Waals surface area contributed by atoms with E-state index in [-0.39, 0.29) is 5.91 Å². The average Bonchev–Trinajstić information content (AvgIpc) is 3.16. The number of hydrogen-bond donors (Lipinski definition) is 1. The second-order valence-corrected chi connectivity index (χ2v) is 7.99. The van der Waals surface area contributed by atoms with E-state index in [0.29, 0.717) is 10.7 Å². The molecule has 0 atom stereocenters. The van der Waals surface area contributed by atoms with Gasteiger partial charge in [-0.25, -0.2) is 4.98 Å². The van der Waals surface area contributed by atoms with Crippen molar-refractivity contribution in [3.05, 3.63) is 64.5 Å². The molecule has 0 radical (unpaired) electrons. The lowest BCUT2D eigenvalue weighted by Crippen LogP contribution is -2.14. The van der Waals surface area contributed by atoms with Crippen molar-refractivity contribution >= 4 is 28.1 Å². The van der Waals surface area contributed by atoms with E-state index in [9.17, 15) is 4.79 Å². The van der Waals surface area contributed by atoms with Crippen LogP contribution in [0.4, 0.5) is 10.8 Å².